The number of hydrogen-bond donors (Lipinski definition) is 0. The first kappa shape index (κ1) is 19.3. The van der Waals surface area contributed by atoms with Crippen LogP contribution in [0.1, 0.15) is 34.6 Å². The molecular weight excluding hydrogens is 396 g/mol. The van der Waals surface area contributed by atoms with Crippen molar-refractivity contribution in [2.75, 3.05) is 6.54 Å². The van der Waals surface area contributed by atoms with Crippen LogP contribution < -0.4 is 0 Å². The number of carbonyl (C=O) groups is 2. The summed E-state index contributed by atoms with van der Waals surface area (Å²) >= 11 is 0. The summed E-state index contributed by atoms with van der Waals surface area (Å²) in [4.78, 5) is 39.6. The Labute approximate surface area is 178 Å². The van der Waals surface area contributed by atoms with Crippen molar-refractivity contribution >= 4 is 11.8 Å². The molecule has 5 rings (SSSR count). The molecule has 2 aliphatic rings. The molecule has 4 heterocycles. The molecule has 10 nitrogen and oxygen atoms in total. The van der Waals surface area contributed by atoms with Crippen molar-refractivity contribution in [2.45, 2.75) is 38.4 Å². The van der Waals surface area contributed by atoms with Crippen LogP contribution in [0.25, 0.3) is 11.4 Å². The van der Waals surface area contributed by atoms with E-state index < -0.39 is 0 Å². The third-order valence-corrected chi connectivity index (χ3v) is 5.94. The summed E-state index contributed by atoms with van der Waals surface area (Å²) in [5, 5.41) is 12.0. The van der Waals surface area contributed by atoms with E-state index in [4.69, 9.17) is 0 Å². The highest BCUT2D eigenvalue weighted by molar-refractivity contribution is 5.96. The summed E-state index contributed by atoms with van der Waals surface area (Å²) in [5.41, 5.74) is 2.99. The van der Waals surface area contributed by atoms with Gasteiger partial charge in [0.2, 0.25) is 11.7 Å². The summed E-state index contributed by atoms with van der Waals surface area (Å²) in [6.07, 6.45) is 4.53. The normalized spacial score (nSPS) is 20.4. The lowest BCUT2D eigenvalue weighted by Gasteiger charge is -2.25. The van der Waals surface area contributed by atoms with Gasteiger partial charge in [0.25, 0.3) is 5.91 Å². The highest BCUT2D eigenvalue weighted by Crippen LogP contribution is 2.34. The highest BCUT2D eigenvalue weighted by atomic mass is 16.2. The average molecular weight is 418 g/mol. The minimum atomic E-state index is -0.111. The number of rotatable bonds is 4. The molecule has 0 bridgehead atoms. The molecular formula is C21H22N8O2. The van der Waals surface area contributed by atoms with Crippen molar-refractivity contribution in [2.24, 2.45) is 7.05 Å². The molecule has 0 spiro atoms. The van der Waals surface area contributed by atoms with Gasteiger partial charge in [-0.1, -0.05) is 12.1 Å². The lowest BCUT2D eigenvalue weighted by molar-refractivity contribution is -0.129. The van der Waals surface area contributed by atoms with Gasteiger partial charge in [0.15, 0.2) is 0 Å². The molecule has 1 aromatic carbocycles. The first-order chi connectivity index (χ1) is 15.0. The summed E-state index contributed by atoms with van der Waals surface area (Å²) in [7, 11) is 1.70. The standard InChI is InChI=1S/C21H22N8O2/c1-13-10-23-16(11-22-13)12-29-17-7-8-28(18(17)9-19(29)30)21(31)15-5-3-14(4-6-15)20-24-26-27(2)25-20/h3-6,10-11,17-18H,7-9,12H2,1-2H3/t17-,18-/m0/s1. The number of nitrogens with zero attached hydrogens (tertiary/aromatic N) is 8. The average Bonchev–Trinajstić information content (AvgIpc) is 3.46. The van der Waals surface area contributed by atoms with E-state index in [2.05, 4.69) is 25.4 Å². The van der Waals surface area contributed by atoms with E-state index >= 15 is 0 Å². The molecule has 2 atom stereocenters. The third kappa shape index (κ3) is 3.54. The maximum Gasteiger partial charge on any atom is 0.254 e. The Morgan fingerprint density at radius 3 is 2.61 bits per heavy atom. The van der Waals surface area contributed by atoms with Gasteiger partial charge in [-0.15, -0.1) is 10.2 Å². The second kappa shape index (κ2) is 7.53. The van der Waals surface area contributed by atoms with Gasteiger partial charge in [-0.3, -0.25) is 19.6 Å². The third-order valence-electron chi connectivity index (χ3n) is 5.94. The molecule has 0 aliphatic carbocycles. The molecule has 0 N–H and O–H groups in total. The molecule has 0 unspecified atom stereocenters. The van der Waals surface area contributed by atoms with Gasteiger partial charge in [-0.05, 0) is 30.7 Å². The lowest BCUT2D eigenvalue weighted by atomic mass is 10.1. The van der Waals surface area contributed by atoms with Crippen LogP contribution in [0.4, 0.5) is 0 Å². The van der Waals surface area contributed by atoms with Gasteiger partial charge in [0, 0.05) is 30.3 Å². The van der Waals surface area contributed by atoms with Crippen molar-refractivity contribution in [3.05, 3.63) is 53.6 Å². The molecule has 2 amide bonds. The van der Waals surface area contributed by atoms with Crippen LogP contribution in [0, 0.1) is 6.92 Å². The Bertz CT molecular complexity index is 1130. The number of hydrogen-bond acceptors (Lipinski definition) is 7. The zero-order valence-corrected chi connectivity index (χ0v) is 17.3. The minimum absolute atomic E-state index is 0.0163. The first-order valence-electron chi connectivity index (χ1n) is 10.2. The van der Waals surface area contributed by atoms with Crippen molar-refractivity contribution in [3.63, 3.8) is 0 Å². The largest absolute Gasteiger partial charge is 0.333 e. The molecule has 3 aromatic rings. The van der Waals surface area contributed by atoms with Gasteiger partial charge in [-0.25, -0.2) is 0 Å². The quantitative estimate of drug-likeness (QED) is 0.621. The Morgan fingerprint density at radius 1 is 1.13 bits per heavy atom. The maximum atomic E-state index is 13.2. The van der Waals surface area contributed by atoms with E-state index in [1.807, 2.05) is 28.9 Å². The van der Waals surface area contributed by atoms with E-state index in [0.717, 1.165) is 23.4 Å². The van der Waals surface area contributed by atoms with Crippen molar-refractivity contribution in [1.82, 2.24) is 40.0 Å². The van der Waals surface area contributed by atoms with Gasteiger partial charge >= 0.3 is 0 Å². The summed E-state index contributed by atoms with van der Waals surface area (Å²) < 4.78 is 0. The zero-order chi connectivity index (χ0) is 21.5. The number of fused-ring (bicyclic) bond motifs is 1. The van der Waals surface area contributed by atoms with Crippen molar-refractivity contribution < 1.29 is 9.59 Å². The van der Waals surface area contributed by atoms with Crippen LogP contribution in [0.5, 0.6) is 0 Å². The van der Waals surface area contributed by atoms with Gasteiger partial charge < -0.3 is 9.80 Å². The Kier molecular flexibility index (Phi) is 4.68. The monoisotopic (exact) mass is 418 g/mol. The number of tetrazole rings is 1. The van der Waals surface area contributed by atoms with Crippen LogP contribution in [-0.2, 0) is 18.4 Å². The van der Waals surface area contributed by atoms with Crippen LogP contribution >= 0.6 is 0 Å². The molecule has 158 valence electrons. The highest BCUT2D eigenvalue weighted by Gasteiger charge is 2.48. The molecule has 2 fully saturated rings. The second-order valence-corrected chi connectivity index (χ2v) is 7.98. The minimum Gasteiger partial charge on any atom is -0.333 e. The van der Waals surface area contributed by atoms with E-state index in [9.17, 15) is 9.59 Å². The van der Waals surface area contributed by atoms with E-state index in [1.165, 1.54) is 4.80 Å². The number of likely N-dealkylation sites (tertiary alicyclic amines) is 2. The zero-order valence-electron chi connectivity index (χ0n) is 17.3. The Morgan fingerprint density at radius 2 is 1.94 bits per heavy atom. The topological polar surface area (TPSA) is 110 Å². The molecule has 10 heteroatoms. The molecule has 2 saturated heterocycles. The molecule has 0 saturated carbocycles. The van der Waals surface area contributed by atoms with Crippen LogP contribution in [0.3, 0.4) is 0 Å². The van der Waals surface area contributed by atoms with E-state index in [1.54, 1.807) is 31.6 Å². The van der Waals surface area contributed by atoms with E-state index in [0.29, 0.717) is 30.9 Å². The maximum absolute atomic E-state index is 13.2. The number of benzene rings is 1. The van der Waals surface area contributed by atoms with Crippen molar-refractivity contribution in [1.29, 1.82) is 0 Å². The van der Waals surface area contributed by atoms with Crippen LogP contribution in [0.15, 0.2) is 36.7 Å². The number of aromatic nitrogens is 6. The predicted octanol–water partition coefficient (Wildman–Crippen LogP) is 0.991. The van der Waals surface area contributed by atoms with Crippen LogP contribution in [0.2, 0.25) is 0 Å². The summed E-state index contributed by atoms with van der Waals surface area (Å²) in [6, 6.07) is 7.09. The van der Waals surface area contributed by atoms with Gasteiger partial charge in [0.1, 0.15) is 0 Å². The summed E-state index contributed by atoms with van der Waals surface area (Å²) in [6.45, 7) is 2.94. The van der Waals surface area contributed by atoms with Gasteiger partial charge in [0.05, 0.1) is 43.3 Å². The second-order valence-electron chi connectivity index (χ2n) is 7.98. The number of aryl methyl sites for hydroxylation is 2. The lowest BCUT2D eigenvalue weighted by Crippen LogP contribution is -2.39. The molecule has 0 radical (unpaired) electrons. The van der Waals surface area contributed by atoms with Crippen LogP contribution in [-0.4, -0.2) is 70.4 Å². The number of carbonyl (C=O) groups excluding carboxylic acids is 2. The van der Waals surface area contributed by atoms with Crippen molar-refractivity contribution in [3.8, 4) is 11.4 Å². The fraction of sp³-hybridized carbons (Fsp3) is 0.381. The Balaban J connectivity index is 1.30. The fourth-order valence-electron chi connectivity index (χ4n) is 4.39. The molecule has 2 aromatic heterocycles. The molecule has 2 aliphatic heterocycles. The smallest absolute Gasteiger partial charge is 0.254 e. The number of amides is 2. The van der Waals surface area contributed by atoms with Gasteiger partial charge in [-0.2, -0.15) is 4.80 Å². The Hall–Kier alpha value is -3.69. The predicted molar refractivity (Wildman–Crippen MR) is 109 cm³/mol. The first-order valence-corrected chi connectivity index (χ1v) is 10.2. The van der Waals surface area contributed by atoms with E-state index in [-0.39, 0.29) is 23.9 Å². The summed E-state index contributed by atoms with van der Waals surface area (Å²) in [5.74, 6) is 0.508. The fourth-order valence-corrected chi connectivity index (χ4v) is 4.39. The molecule has 31 heavy (non-hydrogen) atoms. The SMILES string of the molecule is Cc1cnc(CN2C(=O)C[C@H]3[C@@H]2CCN3C(=O)c2ccc(-c3nnn(C)n3)cc2)cn1.